The molecule has 3 rings (SSSR count). The minimum absolute atomic E-state index is 0.253. The van der Waals surface area contributed by atoms with Crippen LogP contribution in [0.25, 0.3) is 0 Å². The van der Waals surface area contributed by atoms with Crippen molar-refractivity contribution < 1.29 is 4.74 Å². The van der Waals surface area contributed by atoms with E-state index in [1.807, 2.05) is 18.2 Å². The molecule has 1 N–H and O–H groups in total. The van der Waals surface area contributed by atoms with E-state index in [-0.39, 0.29) is 5.60 Å². The Morgan fingerprint density at radius 1 is 1.50 bits per heavy atom. The van der Waals surface area contributed by atoms with E-state index in [1.54, 1.807) is 0 Å². The third-order valence-electron chi connectivity index (χ3n) is 3.81. The van der Waals surface area contributed by atoms with Gasteiger partial charge in [-0.2, -0.15) is 0 Å². The minimum atomic E-state index is -0.253. The molecule has 0 spiro atoms. The minimum Gasteiger partial charge on any atom is -0.459 e. The first kappa shape index (κ1) is 12.2. The molecular weight excluding hydrogens is 266 g/mol. The van der Waals surface area contributed by atoms with Crippen LogP contribution < -0.4 is 5.32 Å². The highest BCUT2D eigenvalue weighted by atomic mass is 35.5. The molecule has 1 heterocycles. The number of nitrogens with one attached hydrogen (secondary N) is 1. The highest BCUT2D eigenvalue weighted by molar-refractivity contribution is 7.80. The molecule has 96 valence electrons. The van der Waals surface area contributed by atoms with Crippen molar-refractivity contribution in [3.8, 4) is 0 Å². The van der Waals surface area contributed by atoms with Crippen molar-refractivity contribution in [2.45, 2.75) is 38.2 Å². The third-order valence-corrected chi connectivity index (χ3v) is 4.23. The molecule has 1 unspecified atom stereocenters. The molecule has 1 aromatic carbocycles. The Balaban J connectivity index is 2.14. The molecule has 18 heavy (non-hydrogen) atoms. The molecule has 1 aromatic rings. The van der Waals surface area contributed by atoms with Crippen molar-refractivity contribution in [3.63, 3.8) is 0 Å². The molecule has 1 aliphatic heterocycles. The molecular formula is C14H16ClNOS. The van der Waals surface area contributed by atoms with Gasteiger partial charge in [0.15, 0.2) is 0 Å². The highest BCUT2D eigenvalue weighted by Crippen LogP contribution is 2.54. The molecule has 2 nitrogen and oxygen atoms in total. The van der Waals surface area contributed by atoms with Gasteiger partial charge >= 0.3 is 0 Å². The molecule has 0 radical (unpaired) electrons. The molecule has 1 aliphatic carbocycles. The topological polar surface area (TPSA) is 21.3 Å². The van der Waals surface area contributed by atoms with Gasteiger partial charge in [-0.15, -0.1) is 0 Å². The highest BCUT2D eigenvalue weighted by Gasteiger charge is 2.51. The quantitative estimate of drug-likeness (QED) is 0.826. The fourth-order valence-electron chi connectivity index (χ4n) is 2.95. The number of rotatable bonds is 3. The fraction of sp³-hybridized carbons (Fsp3) is 0.500. The first-order valence-electron chi connectivity index (χ1n) is 6.46. The van der Waals surface area contributed by atoms with Crippen molar-refractivity contribution >= 4 is 34.7 Å². The van der Waals surface area contributed by atoms with E-state index < -0.39 is 0 Å². The van der Waals surface area contributed by atoms with Crippen LogP contribution in [-0.2, 0) is 10.3 Å². The predicted molar refractivity (Wildman–Crippen MR) is 78.1 cm³/mol. The maximum atomic E-state index is 6.15. The van der Waals surface area contributed by atoms with Gasteiger partial charge < -0.3 is 10.1 Å². The fourth-order valence-corrected chi connectivity index (χ4v) is 3.38. The van der Waals surface area contributed by atoms with Crippen LogP contribution in [0.15, 0.2) is 18.2 Å². The van der Waals surface area contributed by atoms with Gasteiger partial charge in [-0.1, -0.05) is 24.9 Å². The summed E-state index contributed by atoms with van der Waals surface area (Å²) in [5, 5.41) is 4.38. The number of hydrogen-bond acceptors (Lipinski definition) is 2. The molecule has 0 aromatic heterocycles. The van der Waals surface area contributed by atoms with Crippen LogP contribution in [0, 0.1) is 5.92 Å². The zero-order valence-corrected chi connectivity index (χ0v) is 11.9. The van der Waals surface area contributed by atoms with E-state index in [0.717, 1.165) is 23.6 Å². The van der Waals surface area contributed by atoms with Crippen molar-refractivity contribution in [3.05, 3.63) is 28.8 Å². The smallest absolute Gasteiger partial charge is 0.262 e. The summed E-state index contributed by atoms with van der Waals surface area (Å²) in [4.78, 5) is 0. The monoisotopic (exact) mass is 281 g/mol. The van der Waals surface area contributed by atoms with Gasteiger partial charge in [-0.3, -0.25) is 0 Å². The third kappa shape index (κ3) is 1.90. The molecule has 2 aliphatic rings. The Morgan fingerprint density at radius 2 is 2.28 bits per heavy atom. The molecule has 0 amide bonds. The van der Waals surface area contributed by atoms with Crippen molar-refractivity contribution in [1.29, 1.82) is 0 Å². The largest absolute Gasteiger partial charge is 0.459 e. The summed E-state index contributed by atoms with van der Waals surface area (Å²) in [5.41, 5.74) is 1.97. The van der Waals surface area contributed by atoms with Crippen LogP contribution >= 0.6 is 23.8 Å². The van der Waals surface area contributed by atoms with Crippen LogP contribution in [0.5, 0.6) is 0 Å². The lowest BCUT2D eigenvalue weighted by atomic mass is 9.82. The Morgan fingerprint density at radius 3 is 2.94 bits per heavy atom. The van der Waals surface area contributed by atoms with E-state index in [4.69, 9.17) is 28.6 Å². The van der Waals surface area contributed by atoms with Crippen molar-refractivity contribution in [2.75, 3.05) is 5.32 Å². The molecule has 0 bridgehead atoms. The van der Waals surface area contributed by atoms with Gasteiger partial charge in [-0.05, 0) is 49.7 Å². The maximum Gasteiger partial charge on any atom is 0.262 e. The predicted octanol–water partition coefficient (Wildman–Crippen LogP) is 4.47. The van der Waals surface area contributed by atoms with Crippen LogP contribution in [0.1, 0.15) is 38.2 Å². The Hall–Kier alpha value is -0.800. The number of ether oxygens (including phenoxy) is 1. The van der Waals surface area contributed by atoms with E-state index in [0.29, 0.717) is 11.1 Å². The van der Waals surface area contributed by atoms with Gasteiger partial charge in [0.1, 0.15) is 5.60 Å². The summed E-state index contributed by atoms with van der Waals surface area (Å²) in [5.74, 6) is 0.578. The number of hydrogen-bond donors (Lipinski definition) is 1. The van der Waals surface area contributed by atoms with Crippen LogP contribution in [-0.4, -0.2) is 5.17 Å². The lowest BCUT2D eigenvalue weighted by Gasteiger charge is -2.40. The lowest BCUT2D eigenvalue weighted by Crippen LogP contribution is -2.41. The second-order valence-corrected chi connectivity index (χ2v) is 5.93. The van der Waals surface area contributed by atoms with Crippen LogP contribution in [0.2, 0.25) is 5.02 Å². The maximum absolute atomic E-state index is 6.15. The first-order chi connectivity index (χ1) is 8.65. The molecule has 1 atom stereocenters. The average Bonchev–Trinajstić information content (AvgIpc) is 3.14. The van der Waals surface area contributed by atoms with E-state index in [1.165, 1.54) is 18.4 Å². The molecule has 1 fully saturated rings. The van der Waals surface area contributed by atoms with E-state index >= 15 is 0 Å². The van der Waals surface area contributed by atoms with Gasteiger partial charge in [0, 0.05) is 22.2 Å². The number of thiocarbonyl (C=S) groups is 1. The molecule has 4 heteroatoms. The van der Waals surface area contributed by atoms with E-state index in [9.17, 15) is 0 Å². The summed E-state index contributed by atoms with van der Waals surface area (Å²) >= 11 is 11.4. The average molecular weight is 282 g/mol. The van der Waals surface area contributed by atoms with Crippen molar-refractivity contribution in [2.24, 2.45) is 5.92 Å². The number of anilines is 1. The lowest BCUT2D eigenvalue weighted by molar-refractivity contribution is 0.0187. The second kappa shape index (κ2) is 4.39. The standard InChI is InChI=1S/C14H16ClNOS/c1-2-7-14(9-3-4-9)11-8-10(15)5-6-12(11)16-13(18)17-14/h5-6,8-9H,2-4,7H2,1H3,(H,16,18). The number of benzene rings is 1. The van der Waals surface area contributed by atoms with Gasteiger partial charge in [0.05, 0.1) is 0 Å². The van der Waals surface area contributed by atoms with Gasteiger partial charge in [0.2, 0.25) is 0 Å². The second-order valence-electron chi connectivity index (χ2n) is 5.12. The van der Waals surface area contributed by atoms with Crippen molar-refractivity contribution in [1.82, 2.24) is 0 Å². The van der Waals surface area contributed by atoms with Gasteiger partial charge in [0.25, 0.3) is 5.17 Å². The summed E-state index contributed by atoms with van der Waals surface area (Å²) in [6, 6.07) is 5.92. The molecule has 0 saturated heterocycles. The first-order valence-corrected chi connectivity index (χ1v) is 7.24. The Bertz CT molecular complexity index is 501. The SMILES string of the molecule is CCCC1(C2CC2)OC(=S)Nc2ccc(Cl)cc21. The number of fused-ring (bicyclic) bond motifs is 1. The summed E-state index contributed by atoms with van der Waals surface area (Å²) in [6.07, 6.45) is 4.50. The number of halogens is 1. The molecule has 1 saturated carbocycles. The Kier molecular flexibility index (Phi) is 2.99. The van der Waals surface area contributed by atoms with Gasteiger partial charge in [-0.25, -0.2) is 0 Å². The normalized spacial score (nSPS) is 26.2. The Labute approximate surface area is 118 Å². The van der Waals surface area contributed by atoms with E-state index in [2.05, 4.69) is 12.2 Å². The zero-order valence-electron chi connectivity index (χ0n) is 10.3. The van der Waals surface area contributed by atoms with Crippen LogP contribution in [0.4, 0.5) is 5.69 Å². The summed E-state index contributed by atoms with van der Waals surface area (Å²) < 4.78 is 6.08. The summed E-state index contributed by atoms with van der Waals surface area (Å²) in [6.45, 7) is 2.18. The van der Waals surface area contributed by atoms with Crippen LogP contribution in [0.3, 0.4) is 0 Å². The zero-order chi connectivity index (χ0) is 12.8. The summed E-state index contributed by atoms with van der Waals surface area (Å²) in [7, 11) is 0.